The molecule has 6 nitrogen and oxygen atoms in total. The lowest BCUT2D eigenvalue weighted by Crippen LogP contribution is -2.19. The van der Waals surface area contributed by atoms with Gasteiger partial charge in [0.25, 0.3) is 0 Å². The molecular formula is C8H12N2O4S2. The Bertz CT molecular complexity index is 575. The molecule has 0 spiro atoms. The molecule has 0 fully saturated rings. The summed E-state index contributed by atoms with van der Waals surface area (Å²) in [6.45, 7) is 1.42. The van der Waals surface area contributed by atoms with Gasteiger partial charge < -0.3 is 0 Å². The standard InChI is InChI=1S/C8H12N2O4S2/c1-6(15(9,11)12)7-2-4-8(5-3-7)16(10,13)14/h2-6H,1H3,(H2,9,11,12)(H2,10,13,14). The van der Waals surface area contributed by atoms with Gasteiger partial charge in [-0.25, -0.2) is 27.1 Å². The van der Waals surface area contributed by atoms with Gasteiger partial charge in [-0.15, -0.1) is 0 Å². The molecule has 0 saturated carbocycles. The van der Waals surface area contributed by atoms with Crippen molar-refractivity contribution >= 4 is 20.0 Å². The fraction of sp³-hybridized carbons (Fsp3) is 0.250. The van der Waals surface area contributed by atoms with Crippen molar-refractivity contribution < 1.29 is 16.8 Å². The van der Waals surface area contributed by atoms with Gasteiger partial charge in [-0.3, -0.25) is 0 Å². The van der Waals surface area contributed by atoms with E-state index in [0.29, 0.717) is 5.56 Å². The minimum absolute atomic E-state index is 0.0714. The molecule has 0 aliphatic rings. The third-order valence-electron chi connectivity index (χ3n) is 2.17. The highest BCUT2D eigenvalue weighted by atomic mass is 32.2. The van der Waals surface area contributed by atoms with Gasteiger partial charge in [0.2, 0.25) is 20.0 Å². The Labute approximate surface area is 94.4 Å². The second kappa shape index (κ2) is 4.13. The first kappa shape index (κ1) is 13.1. The van der Waals surface area contributed by atoms with Crippen LogP contribution in [-0.4, -0.2) is 16.8 Å². The van der Waals surface area contributed by atoms with Gasteiger partial charge in [-0.2, -0.15) is 0 Å². The third kappa shape index (κ3) is 3.01. The number of primary sulfonamides is 2. The molecule has 90 valence electrons. The van der Waals surface area contributed by atoms with E-state index in [9.17, 15) is 16.8 Å². The van der Waals surface area contributed by atoms with Crippen LogP contribution in [-0.2, 0) is 20.0 Å². The Hall–Kier alpha value is -0.960. The Morgan fingerprint density at radius 3 is 1.75 bits per heavy atom. The maximum absolute atomic E-state index is 11.0. The van der Waals surface area contributed by atoms with Crippen molar-refractivity contribution in [2.75, 3.05) is 0 Å². The summed E-state index contributed by atoms with van der Waals surface area (Å²) in [5.41, 5.74) is 0.412. The number of rotatable bonds is 3. The number of benzene rings is 1. The molecule has 0 aliphatic heterocycles. The van der Waals surface area contributed by atoms with E-state index in [1.54, 1.807) is 0 Å². The smallest absolute Gasteiger partial charge is 0.228 e. The van der Waals surface area contributed by atoms with Gasteiger partial charge in [-0.05, 0) is 24.6 Å². The summed E-state index contributed by atoms with van der Waals surface area (Å²) in [6, 6.07) is 5.22. The van der Waals surface area contributed by atoms with E-state index in [-0.39, 0.29) is 4.90 Å². The average Bonchev–Trinajstić information content (AvgIpc) is 2.14. The zero-order chi connectivity index (χ0) is 12.6. The first-order valence-electron chi connectivity index (χ1n) is 4.27. The summed E-state index contributed by atoms with van der Waals surface area (Å²) in [7, 11) is -7.45. The van der Waals surface area contributed by atoms with Gasteiger partial charge in [0.15, 0.2) is 0 Å². The van der Waals surface area contributed by atoms with E-state index in [1.165, 1.54) is 31.2 Å². The second-order valence-electron chi connectivity index (χ2n) is 3.35. The minimum Gasteiger partial charge on any atom is -0.228 e. The van der Waals surface area contributed by atoms with E-state index < -0.39 is 25.3 Å². The monoisotopic (exact) mass is 264 g/mol. The summed E-state index contributed by atoms with van der Waals surface area (Å²) < 4.78 is 44.0. The van der Waals surface area contributed by atoms with Crippen molar-refractivity contribution in [2.24, 2.45) is 10.3 Å². The van der Waals surface area contributed by atoms with E-state index in [4.69, 9.17) is 10.3 Å². The van der Waals surface area contributed by atoms with Crippen molar-refractivity contribution in [1.82, 2.24) is 0 Å². The van der Waals surface area contributed by atoms with Crippen LogP contribution in [0.5, 0.6) is 0 Å². The molecule has 0 heterocycles. The maximum atomic E-state index is 11.0. The van der Waals surface area contributed by atoms with Crippen LogP contribution in [0.4, 0.5) is 0 Å². The normalized spacial score (nSPS) is 14.7. The average molecular weight is 264 g/mol. The molecule has 0 aromatic heterocycles. The summed E-state index contributed by atoms with van der Waals surface area (Å²) >= 11 is 0. The van der Waals surface area contributed by atoms with Crippen molar-refractivity contribution in [1.29, 1.82) is 0 Å². The van der Waals surface area contributed by atoms with Crippen molar-refractivity contribution in [3.05, 3.63) is 29.8 Å². The van der Waals surface area contributed by atoms with Gasteiger partial charge in [0.1, 0.15) is 0 Å². The molecule has 1 unspecified atom stereocenters. The van der Waals surface area contributed by atoms with E-state index in [0.717, 1.165) is 0 Å². The molecule has 8 heteroatoms. The zero-order valence-corrected chi connectivity index (χ0v) is 10.1. The van der Waals surface area contributed by atoms with Crippen molar-refractivity contribution in [2.45, 2.75) is 17.1 Å². The fourth-order valence-electron chi connectivity index (χ4n) is 1.12. The van der Waals surface area contributed by atoms with Gasteiger partial charge in [0.05, 0.1) is 10.1 Å². The number of hydrogen-bond acceptors (Lipinski definition) is 4. The van der Waals surface area contributed by atoms with Crippen LogP contribution in [0.2, 0.25) is 0 Å². The molecular weight excluding hydrogens is 252 g/mol. The van der Waals surface area contributed by atoms with Crippen LogP contribution in [0.3, 0.4) is 0 Å². The highest BCUT2D eigenvalue weighted by molar-refractivity contribution is 7.89. The Morgan fingerprint density at radius 1 is 1.00 bits per heavy atom. The van der Waals surface area contributed by atoms with Gasteiger partial charge in [-0.1, -0.05) is 12.1 Å². The SMILES string of the molecule is CC(c1ccc(S(N)(=O)=O)cc1)S(N)(=O)=O. The molecule has 4 N–H and O–H groups in total. The molecule has 1 atom stereocenters. The maximum Gasteiger partial charge on any atom is 0.238 e. The minimum atomic E-state index is -3.76. The topological polar surface area (TPSA) is 120 Å². The molecule has 0 saturated heterocycles. The van der Waals surface area contributed by atoms with Gasteiger partial charge >= 0.3 is 0 Å². The van der Waals surface area contributed by atoms with E-state index in [2.05, 4.69) is 0 Å². The van der Waals surface area contributed by atoms with E-state index in [1.807, 2.05) is 0 Å². The van der Waals surface area contributed by atoms with Crippen LogP contribution < -0.4 is 10.3 Å². The van der Waals surface area contributed by atoms with Crippen LogP contribution in [0.15, 0.2) is 29.2 Å². The first-order valence-corrected chi connectivity index (χ1v) is 7.42. The van der Waals surface area contributed by atoms with Crippen LogP contribution >= 0.6 is 0 Å². The van der Waals surface area contributed by atoms with Gasteiger partial charge in [0, 0.05) is 0 Å². The molecule has 0 radical (unpaired) electrons. The summed E-state index contributed by atoms with van der Waals surface area (Å²) in [5, 5.41) is 8.98. The van der Waals surface area contributed by atoms with Crippen molar-refractivity contribution in [3.8, 4) is 0 Å². The lowest BCUT2D eigenvalue weighted by Gasteiger charge is -2.09. The summed E-state index contributed by atoms with van der Waals surface area (Å²) in [6.07, 6.45) is 0. The zero-order valence-electron chi connectivity index (χ0n) is 8.49. The Morgan fingerprint density at radius 2 is 1.44 bits per heavy atom. The number of nitrogens with two attached hydrogens (primary N) is 2. The lowest BCUT2D eigenvalue weighted by atomic mass is 10.2. The first-order chi connectivity index (χ1) is 7.12. The van der Waals surface area contributed by atoms with Crippen LogP contribution in [0.1, 0.15) is 17.7 Å². The largest absolute Gasteiger partial charge is 0.238 e. The summed E-state index contributed by atoms with van der Waals surface area (Å²) in [4.78, 5) is -0.0714. The predicted octanol–water partition coefficient (Wildman–Crippen LogP) is -0.316. The fourth-order valence-corrected chi connectivity index (χ4v) is 2.17. The third-order valence-corrected chi connectivity index (χ3v) is 4.36. The molecule has 0 aliphatic carbocycles. The highest BCUT2D eigenvalue weighted by Crippen LogP contribution is 2.20. The second-order valence-corrected chi connectivity index (χ2v) is 6.79. The molecule has 0 bridgehead atoms. The van der Waals surface area contributed by atoms with Crippen LogP contribution in [0, 0.1) is 0 Å². The molecule has 16 heavy (non-hydrogen) atoms. The predicted molar refractivity (Wildman–Crippen MR) is 59.3 cm³/mol. The number of sulfonamides is 2. The molecule has 1 aromatic carbocycles. The van der Waals surface area contributed by atoms with Crippen molar-refractivity contribution in [3.63, 3.8) is 0 Å². The Balaban J connectivity index is 3.15. The number of hydrogen-bond donors (Lipinski definition) is 2. The molecule has 0 amide bonds. The molecule has 1 rings (SSSR count). The summed E-state index contributed by atoms with van der Waals surface area (Å²) in [5.74, 6) is 0. The van der Waals surface area contributed by atoms with Crippen LogP contribution in [0.25, 0.3) is 0 Å². The Kier molecular flexibility index (Phi) is 3.38. The quantitative estimate of drug-likeness (QED) is 0.777. The molecule has 1 aromatic rings. The van der Waals surface area contributed by atoms with E-state index >= 15 is 0 Å². The lowest BCUT2D eigenvalue weighted by molar-refractivity contribution is 0.588. The highest BCUT2D eigenvalue weighted by Gasteiger charge is 2.18.